The Balaban J connectivity index is 1.76. The molecule has 0 saturated heterocycles. The van der Waals surface area contributed by atoms with Gasteiger partial charge in [0.2, 0.25) is 0 Å². The second-order valence-corrected chi connectivity index (χ2v) is 7.34. The molecule has 2 aromatic carbocycles. The van der Waals surface area contributed by atoms with Gasteiger partial charge in [-0.3, -0.25) is 4.90 Å². The van der Waals surface area contributed by atoms with Crippen LogP contribution in [0.5, 0.6) is 0 Å². The molecule has 0 aromatic heterocycles. The lowest BCUT2D eigenvalue weighted by Crippen LogP contribution is -2.45. The van der Waals surface area contributed by atoms with Crippen LogP contribution in [0.2, 0.25) is 0 Å². The maximum absolute atomic E-state index is 10.7. The molecule has 2 nitrogen and oxygen atoms in total. The number of benzene rings is 2. The molecule has 2 aromatic rings. The minimum absolute atomic E-state index is 0.139. The molecule has 1 N–H and O–H groups in total. The number of nitrogens with zero attached hydrogens (tertiary/aromatic N) is 1. The third kappa shape index (κ3) is 4.29. The van der Waals surface area contributed by atoms with E-state index in [1.807, 2.05) is 17.8 Å². The van der Waals surface area contributed by atoms with Crippen LogP contribution in [0.1, 0.15) is 24.9 Å². The highest BCUT2D eigenvalue weighted by Gasteiger charge is 2.30. The maximum Gasteiger partial charge on any atom is 0.0738 e. The van der Waals surface area contributed by atoms with E-state index >= 15 is 0 Å². The molecule has 1 heterocycles. The molecule has 24 heavy (non-hydrogen) atoms. The smallest absolute Gasteiger partial charge is 0.0738 e. The molecule has 0 aliphatic carbocycles. The lowest BCUT2D eigenvalue weighted by Gasteiger charge is -2.37. The Bertz CT molecular complexity index is 643. The molecule has 0 bridgehead atoms. The predicted molar refractivity (Wildman–Crippen MR) is 102 cm³/mol. The van der Waals surface area contributed by atoms with Crippen LogP contribution in [0.25, 0.3) is 0 Å². The normalized spacial score (nSPS) is 22.9. The number of hydrogen-bond donors (Lipinski definition) is 1. The quantitative estimate of drug-likeness (QED) is 0.639. The van der Waals surface area contributed by atoms with E-state index in [1.54, 1.807) is 0 Å². The van der Waals surface area contributed by atoms with Gasteiger partial charge in [0.25, 0.3) is 0 Å². The summed E-state index contributed by atoms with van der Waals surface area (Å²) in [6, 6.07) is 21.4. The van der Waals surface area contributed by atoms with Gasteiger partial charge in [0.05, 0.1) is 6.10 Å². The standard InChI is InChI=1S/C21H25NOS/c1-17(18-10-4-2-5-11-18)22-15-9-8-14-21(23)20(22)16-24-19-12-6-3-7-13-19/h2-13,17,20-21,23H,14-16H2,1H3/t17-,20-,21+/m1/s1. The molecule has 1 aliphatic heterocycles. The zero-order valence-corrected chi connectivity index (χ0v) is 14.9. The van der Waals surface area contributed by atoms with E-state index in [0.29, 0.717) is 0 Å². The highest BCUT2D eigenvalue weighted by molar-refractivity contribution is 7.99. The van der Waals surface area contributed by atoms with Crippen LogP contribution in [-0.2, 0) is 0 Å². The Hall–Kier alpha value is -1.55. The molecule has 0 saturated carbocycles. The second-order valence-electron chi connectivity index (χ2n) is 6.25. The predicted octanol–water partition coefficient (Wildman–Crippen LogP) is 4.53. The van der Waals surface area contributed by atoms with E-state index in [9.17, 15) is 5.11 Å². The first-order valence-electron chi connectivity index (χ1n) is 8.57. The average Bonchev–Trinajstić information content (AvgIpc) is 2.82. The molecule has 0 spiro atoms. The van der Waals surface area contributed by atoms with Crippen molar-refractivity contribution in [2.24, 2.45) is 0 Å². The first-order chi connectivity index (χ1) is 11.8. The van der Waals surface area contributed by atoms with Crippen molar-refractivity contribution >= 4 is 11.8 Å². The third-order valence-electron chi connectivity index (χ3n) is 4.67. The van der Waals surface area contributed by atoms with Gasteiger partial charge in [-0.05, 0) is 31.0 Å². The fourth-order valence-electron chi connectivity index (χ4n) is 3.22. The number of thioether (sulfide) groups is 1. The van der Waals surface area contributed by atoms with Crippen LogP contribution < -0.4 is 0 Å². The summed E-state index contributed by atoms with van der Waals surface area (Å²) >= 11 is 1.83. The first-order valence-corrected chi connectivity index (χ1v) is 9.56. The number of aliphatic hydroxyl groups is 1. The summed E-state index contributed by atoms with van der Waals surface area (Å²) in [6.07, 6.45) is 4.71. The average molecular weight is 340 g/mol. The fourth-order valence-corrected chi connectivity index (χ4v) is 4.35. The van der Waals surface area contributed by atoms with Crippen LogP contribution in [-0.4, -0.2) is 34.4 Å². The van der Waals surface area contributed by atoms with Gasteiger partial charge in [0, 0.05) is 29.3 Å². The molecular weight excluding hydrogens is 314 g/mol. The Morgan fingerprint density at radius 3 is 2.42 bits per heavy atom. The van der Waals surface area contributed by atoms with Crippen LogP contribution in [0.3, 0.4) is 0 Å². The van der Waals surface area contributed by atoms with Crippen molar-refractivity contribution in [2.75, 3.05) is 12.3 Å². The van der Waals surface area contributed by atoms with Crippen molar-refractivity contribution in [3.63, 3.8) is 0 Å². The van der Waals surface area contributed by atoms with E-state index in [-0.39, 0.29) is 18.2 Å². The van der Waals surface area contributed by atoms with Crippen molar-refractivity contribution < 1.29 is 5.11 Å². The van der Waals surface area contributed by atoms with E-state index in [2.05, 4.69) is 78.6 Å². The highest BCUT2D eigenvalue weighted by Crippen LogP contribution is 2.30. The molecule has 3 atom stereocenters. The Morgan fingerprint density at radius 2 is 1.71 bits per heavy atom. The molecule has 0 fully saturated rings. The minimum atomic E-state index is -0.328. The van der Waals surface area contributed by atoms with Gasteiger partial charge in [-0.1, -0.05) is 60.7 Å². The molecule has 0 radical (unpaired) electrons. The molecular formula is C21H25NOS. The lowest BCUT2D eigenvalue weighted by atomic mass is 10.0. The van der Waals surface area contributed by atoms with Crippen molar-refractivity contribution in [2.45, 2.75) is 36.4 Å². The first kappa shape index (κ1) is 17.3. The van der Waals surface area contributed by atoms with Crippen molar-refractivity contribution in [1.82, 2.24) is 4.90 Å². The summed E-state index contributed by atoms with van der Waals surface area (Å²) in [4.78, 5) is 3.69. The summed E-state index contributed by atoms with van der Waals surface area (Å²) in [7, 11) is 0. The molecule has 3 rings (SSSR count). The topological polar surface area (TPSA) is 23.5 Å². The van der Waals surface area contributed by atoms with Gasteiger partial charge in [0.1, 0.15) is 0 Å². The van der Waals surface area contributed by atoms with Crippen molar-refractivity contribution in [1.29, 1.82) is 0 Å². The van der Waals surface area contributed by atoms with Gasteiger partial charge >= 0.3 is 0 Å². The number of rotatable bonds is 5. The number of aliphatic hydroxyl groups excluding tert-OH is 1. The fraction of sp³-hybridized carbons (Fsp3) is 0.333. The Kier molecular flexibility index (Phi) is 6.13. The highest BCUT2D eigenvalue weighted by atomic mass is 32.2. The van der Waals surface area contributed by atoms with Gasteiger partial charge < -0.3 is 5.11 Å². The van der Waals surface area contributed by atoms with E-state index in [4.69, 9.17) is 0 Å². The summed E-state index contributed by atoms with van der Waals surface area (Å²) in [5.41, 5.74) is 1.30. The zero-order chi connectivity index (χ0) is 16.8. The van der Waals surface area contributed by atoms with Crippen LogP contribution in [0.4, 0.5) is 0 Å². The Morgan fingerprint density at radius 1 is 1.04 bits per heavy atom. The van der Waals surface area contributed by atoms with Crippen LogP contribution in [0.15, 0.2) is 77.7 Å². The molecule has 1 aliphatic rings. The number of hydrogen-bond acceptors (Lipinski definition) is 3. The van der Waals surface area contributed by atoms with Gasteiger partial charge in [-0.15, -0.1) is 11.8 Å². The van der Waals surface area contributed by atoms with E-state index in [0.717, 1.165) is 18.7 Å². The van der Waals surface area contributed by atoms with Gasteiger partial charge in [-0.2, -0.15) is 0 Å². The van der Waals surface area contributed by atoms with E-state index in [1.165, 1.54) is 10.5 Å². The largest absolute Gasteiger partial charge is 0.391 e. The molecule has 3 heteroatoms. The Labute approximate surface area is 149 Å². The lowest BCUT2D eigenvalue weighted by molar-refractivity contribution is 0.0528. The summed E-state index contributed by atoms with van der Waals surface area (Å²) < 4.78 is 0. The maximum atomic E-state index is 10.7. The minimum Gasteiger partial charge on any atom is -0.391 e. The molecule has 126 valence electrons. The van der Waals surface area contributed by atoms with Gasteiger partial charge in [0.15, 0.2) is 0 Å². The summed E-state index contributed by atoms with van der Waals surface area (Å²) in [5.74, 6) is 0.893. The second kappa shape index (κ2) is 8.52. The third-order valence-corrected chi connectivity index (χ3v) is 5.79. The SMILES string of the molecule is C[C@H](c1ccccc1)N1CC=CC[C@H](O)[C@H]1CSc1ccccc1. The zero-order valence-electron chi connectivity index (χ0n) is 14.1. The summed E-state index contributed by atoms with van der Waals surface area (Å²) in [6.45, 7) is 3.12. The summed E-state index contributed by atoms with van der Waals surface area (Å²) in [5, 5.41) is 10.7. The van der Waals surface area contributed by atoms with Crippen LogP contribution >= 0.6 is 11.8 Å². The molecule has 0 amide bonds. The van der Waals surface area contributed by atoms with Crippen molar-refractivity contribution in [3.8, 4) is 0 Å². The monoisotopic (exact) mass is 339 g/mol. The van der Waals surface area contributed by atoms with Gasteiger partial charge in [-0.25, -0.2) is 0 Å². The van der Waals surface area contributed by atoms with Crippen molar-refractivity contribution in [3.05, 3.63) is 78.4 Å². The van der Waals surface area contributed by atoms with Crippen LogP contribution in [0, 0.1) is 0 Å². The van der Waals surface area contributed by atoms with E-state index < -0.39 is 0 Å². The molecule has 0 unspecified atom stereocenters.